The molecule has 0 aliphatic heterocycles. The molecular formula is C15H23NOSi. The second kappa shape index (κ2) is 6.66. The van der Waals surface area contributed by atoms with Crippen LogP contribution in [0.25, 0.3) is 10.9 Å². The molecule has 3 heteroatoms. The van der Waals surface area contributed by atoms with Gasteiger partial charge in [0.05, 0.1) is 11.1 Å². The van der Waals surface area contributed by atoms with Crippen molar-refractivity contribution in [3.8, 4) is 0 Å². The molecule has 18 heavy (non-hydrogen) atoms. The normalized spacial score (nSPS) is 11.4. The largest absolute Gasteiger partial charge is 0.423 e. The van der Waals surface area contributed by atoms with Gasteiger partial charge in [0.2, 0.25) is 0 Å². The summed E-state index contributed by atoms with van der Waals surface area (Å²) in [5, 5.41) is 1.20. The molecule has 98 valence electrons. The van der Waals surface area contributed by atoms with Gasteiger partial charge >= 0.3 is 0 Å². The zero-order valence-corrected chi connectivity index (χ0v) is 14.0. The average Bonchev–Trinajstić information content (AvgIpc) is 2.39. The molecule has 1 aromatic carbocycles. The molecule has 0 amide bonds. The molecule has 2 nitrogen and oxygen atoms in total. The second-order valence-electron chi connectivity index (χ2n) is 5.16. The van der Waals surface area contributed by atoms with Crippen molar-refractivity contribution in [2.24, 2.45) is 5.92 Å². The molecule has 0 spiro atoms. The highest BCUT2D eigenvalue weighted by molar-refractivity contribution is 5.98. The first-order valence-electron chi connectivity index (χ1n) is 6.32. The predicted octanol–water partition coefficient (Wildman–Crippen LogP) is 2.95. The van der Waals surface area contributed by atoms with E-state index in [4.69, 9.17) is 4.43 Å². The molecule has 0 N–H and O–H groups in total. The van der Waals surface area contributed by atoms with E-state index in [0.29, 0.717) is 5.92 Å². The summed E-state index contributed by atoms with van der Waals surface area (Å²) in [6.07, 6.45) is 1.81. The van der Waals surface area contributed by atoms with Crippen molar-refractivity contribution in [3.63, 3.8) is 0 Å². The summed E-state index contributed by atoms with van der Waals surface area (Å²) in [5.41, 5.74) is 1.16. The summed E-state index contributed by atoms with van der Waals surface area (Å²) in [4.78, 5) is 4.18. The maximum Gasteiger partial charge on any atom is 0.146 e. The fourth-order valence-corrected chi connectivity index (χ4v) is 1.72. The van der Waals surface area contributed by atoms with Gasteiger partial charge in [0.15, 0.2) is 0 Å². The van der Waals surface area contributed by atoms with Gasteiger partial charge in [-0.25, -0.2) is 0 Å². The minimum atomic E-state index is 0.103. The van der Waals surface area contributed by atoms with Crippen LogP contribution in [-0.4, -0.2) is 21.1 Å². The standard InChI is InChI=1S/C9H7N.C6H16OSi/c1-2-6-9-8(4-1)5-3-7-10-9;1-5(2)6(3,4)7-8/h1-7H;5H,1-4,8H3. The first kappa shape index (κ1) is 14.9. The third-order valence-corrected chi connectivity index (χ3v) is 4.48. The van der Waals surface area contributed by atoms with E-state index < -0.39 is 0 Å². The zero-order chi connectivity index (χ0) is 13.6. The van der Waals surface area contributed by atoms with Gasteiger partial charge < -0.3 is 4.43 Å². The highest BCUT2D eigenvalue weighted by atomic mass is 28.2. The van der Waals surface area contributed by atoms with Crippen molar-refractivity contribution in [2.45, 2.75) is 33.3 Å². The Kier molecular flexibility index (Phi) is 5.50. The van der Waals surface area contributed by atoms with E-state index in [9.17, 15) is 0 Å². The lowest BCUT2D eigenvalue weighted by Crippen LogP contribution is -2.29. The van der Waals surface area contributed by atoms with Crippen LogP contribution in [0.5, 0.6) is 0 Å². The summed E-state index contributed by atoms with van der Waals surface area (Å²) >= 11 is 0. The minimum absolute atomic E-state index is 0.103. The van der Waals surface area contributed by atoms with Crippen LogP contribution in [-0.2, 0) is 4.43 Å². The van der Waals surface area contributed by atoms with Crippen molar-refractivity contribution in [3.05, 3.63) is 42.6 Å². The first-order valence-corrected chi connectivity index (χ1v) is 7.14. The Morgan fingerprint density at radius 1 is 1.11 bits per heavy atom. The fraction of sp³-hybridized carbons (Fsp3) is 0.400. The fourth-order valence-electron chi connectivity index (χ4n) is 1.25. The molecule has 1 aromatic heterocycles. The molecule has 1 heterocycles. The minimum Gasteiger partial charge on any atom is -0.423 e. The number of benzene rings is 1. The smallest absolute Gasteiger partial charge is 0.146 e. The number of para-hydroxylation sites is 1. The Balaban J connectivity index is 0.000000187. The van der Waals surface area contributed by atoms with Crippen LogP contribution < -0.4 is 0 Å². The number of hydrogen-bond donors (Lipinski definition) is 0. The van der Waals surface area contributed by atoms with E-state index in [1.807, 2.05) is 30.5 Å². The van der Waals surface area contributed by atoms with Gasteiger partial charge in [-0.3, -0.25) is 4.98 Å². The number of pyridine rings is 1. The molecule has 0 aliphatic carbocycles. The highest BCUT2D eigenvalue weighted by Crippen LogP contribution is 2.17. The van der Waals surface area contributed by atoms with Crippen molar-refractivity contribution < 1.29 is 4.43 Å². The van der Waals surface area contributed by atoms with E-state index >= 15 is 0 Å². The van der Waals surface area contributed by atoms with Gasteiger partial charge in [0.1, 0.15) is 10.5 Å². The lowest BCUT2D eigenvalue weighted by atomic mass is 9.95. The van der Waals surface area contributed by atoms with Gasteiger partial charge in [0.25, 0.3) is 0 Å². The molecule has 2 rings (SSSR count). The molecule has 0 atom stereocenters. The SMILES string of the molecule is CC(C)C(C)(C)O[SiH3].c1ccc2ncccc2c1. The monoisotopic (exact) mass is 261 g/mol. The average molecular weight is 261 g/mol. The third-order valence-electron chi connectivity index (χ3n) is 3.43. The van der Waals surface area contributed by atoms with Gasteiger partial charge in [-0.15, -0.1) is 0 Å². The van der Waals surface area contributed by atoms with Gasteiger partial charge in [0, 0.05) is 11.6 Å². The molecule has 0 fully saturated rings. The van der Waals surface area contributed by atoms with Crippen LogP contribution in [0.3, 0.4) is 0 Å². The van der Waals surface area contributed by atoms with Gasteiger partial charge in [-0.1, -0.05) is 38.1 Å². The Bertz CT molecular complexity index is 417. The Hall–Kier alpha value is -1.19. The van der Waals surface area contributed by atoms with Crippen LogP contribution in [0, 0.1) is 5.92 Å². The molecule has 0 saturated heterocycles. The topological polar surface area (TPSA) is 22.1 Å². The summed E-state index contributed by atoms with van der Waals surface area (Å²) in [7, 11) is 0.845. The number of rotatable bonds is 2. The molecular weight excluding hydrogens is 238 g/mol. The molecule has 0 radical (unpaired) electrons. The van der Waals surface area contributed by atoms with Gasteiger partial charge in [-0.2, -0.15) is 0 Å². The Morgan fingerprint density at radius 3 is 2.22 bits per heavy atom. The second-order valence-corrected chi connectivity index (χ2v) is 5.57. The van der Waals surface area contributed by atoms with Crippen LogP contribution in [0.15, 0.2) is 42.6 Å². The lowest BCUT2D eigenvalue weighted by molar-refractivity contribution is 0.0707. The molecule has 0 unspecified atom stereocenters. The van der Waals surface area contributed by atoms with Crippen LogP contribution >= 0.6 is 0 Å². The van der Waals surface area contributed by atoms with Crippen molar-refractivity contribution in [1.29, 1.82) is 0 Å². The summed E-state index contributed by atoms with van der Waals surface area (Å²) in [6.45, 7) is 8.62. The lowest BCUT2D eigenvalue weighted by Gasteiger charge is -2.27. The number of fused-ring (bicyclic) bond motifs is 1. The number of aromatic nitrogens is 1. The Morgan fingerprint density at radius 2 is 1.72 bits per heavy atom. The first-order chi connectivity index (χ1) is 8.47. The van der Waals surface area contributed by atoms with Crippen molar-refractivity contribution >= 4 is 21.4 Å². The summed E-state index contributed by atoms with van der Waals surface area (Å²) < 4.78 is 5.34. The predicted molar refractivity (Wildman–Crippen MR) is 81.7 cm³/mol. The van der Waals surface area contributed by atoms with E-state index in [1.54, 1.807) is 0 Å². The highest BCUT2D eigenvalue weighted by Gasteiger charge is 2.19. The zero-order valence-electron chi connectivity index (χ0n) is 12.0. The van der Waals surface area contributed by atoms with Gasteiger partial charge in [-0.05, 0) is 31.9 Å². The van der Waals surface area contributed by atoms with Crippen LogP contribution in [0.1, 0.15) is 27.7 Å². The quantitative estimate of drug-likeness (QED) is 0.775. The van der Waals surface area contributed by atoms with E-state index in [1.165, 1.54) is 5.39 Å². The van der Waals surface area contributed by atoms with Crippen LogP contribution in [0.2, 0.25) is 0 Å². The molecule has 0 bridgehead atoms. The van der Waals surface area contributed by atoms with Crippen LogP contribution in [0.4, 0.5) is 0 Å². The summed E-state index contributed by atoms with van der Waals surface area (Å²) in [5.74, 6) is 0.625. The third kappa shape index (κ3) is 4.24. The molecule has 2 aromatic rings. The Labute approximate surface area is 113 Å². The summed E-state index contributed by atoms with van der Waals surface area (Å²) in [6, 6.07) is 12.1. The maximum absolute atomic E-state index is 5.34. The van der Waals surface area contributed by atoms with Crippen molar-refractivity contribution in [2.75, 3.05) is 0 Å². The molecule has 0 saturated carbocycles. The van der Waals surface area contributed by atoms with Crippen molar-refractivity contribution in [1.82, 2.24) is 4.98 Å². The number of hydrogen-bond acceptors (Lipinski definition) is 2. The van der Waals surface area contributed by atoms with E-state index in [0.717, 1.165) is 16.0 Å². The molecule has 0 aliphatic rings. The van der Waals surface area contributed by atoms with E-state index in [-0.39, 0.29) is 5.60 Å². The number of nitrogens with zero attached hydrogens (tertiary/aromatic N) is 1. The maximum atomic E-state index is 5.34. The van der Waals surface area contributed by atoms with E-state index in [2.05, 4.69) is 44.8 Å².